The second-order valence-electron chi connectivity index (χ2n) is 31.0. The number of carbonyl (C=O) groups excluding carboxylic acids is 2. The Morgan fingerprint density at radius 2 is 0.847 bits per heavy atom. The Bertz CT molecular complexity index is 5640. The van der Waals surface area contributed by atoms with Gasteiger partial charge >= 0.3 is 0 Å². The SMILES string of the molecule is O=C(NS(=O)(=O)c1ccc(NCC2CCOCC2)c([N+](=O)[O-])c1)c1ccc(-c2ccc(N3CCCC3c3ccccc3C3CC3)cc2)cc1Oc1cnc2[nH]ccc2c1.O=C(NS(=O)(=O)c1ccc(NCC2CCOCC2)c([N+](=O)[O-])c1)c1ccc(-c2ccc(N3CCCC3c3ccccc3C3CC3)cc2)cc1Oc1cnc2[nH]ccc2c1. The van der Waals surface area contributed by atoms with Crippen LogP contribution >= 0.6 is 0 Å². The van der Waals surface area contributed by atoms with E-state index in [4.69, 9.17) is 18.9 Å². The molecule has 2 amide bonds. The third kappa shape index (κ3) is 17.5. The molecule has 4 aliphatic heterocycles. The smallest absolute Gasteiger partial charge is 0.293 e. The van der Waals surface area contributed by atoms with Crippen LogP contribution in [0.3, 0.4) is 0 Å². The lowest BCUT2D eigenvalue weighted by atomic mass is 9.95. The first-order valence-electron chi connectivity index (χ1n) is 40.2. The number of ether oxygens (including phenoxy) is 4. The fraction of sp³-hybridized carbons (Fsp3) is 0.289. The molecule has 12 aromatic rings. The Morgan fingerprint density at radius 3 is 1.24 bits per heavy atom. The van der Waals surface area contributed by atoms with Crippen molar-refractivity contribution in [2.75, 3.05) is 73.0 Å². The standard InChI is InChI=1S/2C45H44N6O7S/c2*52-45(49-59(55,56)36-14-16-40(42(26-36)51(53)54)47-27-29-18-22-57-23-19-29)39-15-11-32(25-43(39)58-35-24-33-17-20-46-44(33)48-28-35)30-9-12-34(13-10-30)50-21-3-6-41(50)38-5-2-1-4-37(38)31-7-8-31/h2*1-2,4-5,9-17,20,24-26,28-29,31,41,47H,3,6-8,18-19,21-23,27H2,(H,46,48)(H,49,52). The number of hydrogen-bond donors (Lipinski definition) is 6. The van der Waals surface area contributed by atoms with Crippen molar-refractivity contribution in [1.82, 2.24) is 29.4 Å². The summed E-state index contributed by atoms with van der Waals surface area (Å²) in [6.45, 7) is 5.42. The predicted molar refractivity (Wildman–Crippen MR) is 451 cm³/mol. The molecular formula is C90H88N12O14S2. The van der Waals surface area contributed by atoms with E-state index in [9.17, 15) is 46.7 Å². The van der Waals surface area contributed by atoms with E-state index in [2.05, 4.69) is 123 Å². The second kappa shape index (κ2) is 34.0. The van der Waals surface area contributed by atoms with E-state index in [0.717, 1.165) is 121 Å². The zero-order chi connectivity index (χ0) is 81.0. The van der Waals surface area contributed by atoms with Crippen LogP contribution in [-0.2, 0) is 29.5 Å². The summed E-state index contributed by atoms with van der Waals surface area (Å²) in [7, 11) is -9.11. The summed E-state index contributed by atoms with van der Waals surface area (Å²) in [4.78, 5) is 69.6. The lowest BCUT2D eigenvalue weighted by Gasteiger charge is -2.29. The number of carbonyl (C=O) groups is 2. The van der Waals surface area contributed by atoms with Gasteiger partial charge in [0.1, 0.15) is 45.7 Å². The van der Waals surface area contributed by atoms with Gasteiger partial charge in [0, 0.05) is 99.3 Å². The zero-order valence-electron chi connectivity index (χ0n) is 64.6. The fourth-order valence-electron chi connectivity index (χ4n) is 16.6. The number of rotatable bonds is 26. The molecule has 2 aliphatic carbocycles. The number of nitrogens with one attached hydrogen (secondary N) is 6. The molecule has 0 spiro atoms. The predicted octanol–water partition coefficient (Wildman–Crippen LogP) is 18.2. The molecule has 0 radical (unpaired) electrons. The molecule has 118 heavy (non-hydrogen) atoms. The van der Waals surface area contributed by atoms with E-state index in [1.165, 1.54) is 96.7 Å². The normalized spacial score (nSPS) is 17.2. The van der Waals surface area contributed by atoms with Gasteiger partial charge in [-0.2, -0.15) is 0 Å². The van der Waals surface area contributed by atoms with Crippen LogP contribution in [0.25, 0.3) is 44.3 Å². The number of aromatic amines is 2. The Morgan fingerprint density at radius 1 is 0.458 bits per heavy atom. The average Bonchev–Trinajstić information content (AvgIpc) is 1.53. The molecule has 8 aromatic carbocycles. The fourth-order valence-corrected chi connectivity index (χ4v) is 18.6. The zero-order valence-corrected chi connectivity index (χ0v) is 66.2. The lowest BCUT2D eigenvalue weighted by Crippen LogP contribution is -2.31. The van der Waals surface area contributed by atoms with Crippen molar-refractivity contribution in [3.63, 3.8) is 0 Å². The molecule has 18 rings (SSSR count). The van der Waals surface area contributed by atoms with Crippen molar-refractivity contribution in [2.24, 2.45) is 11.8 Å². The molecule has 4 aromatic heterocycles. The van der Waals surface area contributed by atoms with E-state index < -0.39 is 62.9 Å². The van der Waals surface area contributed by atoms with E-state index in [0.29, 0.717) is 86.2 Å². The van der Waals surface area contributed by atoms with Crippen LogP contribution in [0.4, 0.5) is 34.1 Å². The van der Waals surface area contributed by atoms with Crippen molar-refractivity contribution >= 4 is 88.1 Å². The number of amides is 2. The topological polar surface area (TPSA) is 338 Å². The number of nitro benzene ring substituents is 2. The Balaban J connectivity index is 0.000000169. The van der Waals surface area contributed by atoms with Crippen molar-refractivity contribution in [1.29, 1.82) is 0 Å². The van der Waals surface area contributed by atoms with E-state index in [1.807, 2.05) is 36.4 Å². The lowest BCUT2D eigenvalue weighted by molar-refractivity contribution is -0.384. The van der Waals surface area contributed by atoms with E-state index >= 15 is 0 Å². The molecule has 2 saturated carbocycles. The van der Waals surface area contributed by atoms with Crippen LogP contribution in [-0.4, -0.2) is 111 Å². The summed E-state index contributed by atoms with van der Waals surface area (Å²) in [6, 6.07) is 59.3. The highest BCUT2D eigenvalue weighted by molar-refractivity contribution is 7.90. The third-order valence-electron chi connectivity index (χ3n) is 23.2. The molecule has 8 heterocycles. The van der Waals surface area contributed by atoms with E-state index in [1.54, 1.807) is 48.8 Å². The van der Waals surface area contributed by atoms with Crippen LogP contribution in [0.2, 0.25) is 0 Å². The van der Waals surface area contributed by atoms with Gasteiger partial charge in [-0.15, -0.1) is 0 Å². The molecule has 604 valence electrons. The summed E-state index contributed by atoms with van der Waals surface area (Å²) in [6.07, 6.45) is 19.3. The van der Waals surface area contributed by atoms with Crippen molar-refractivity contribution in [3.05, 3.63) is 273 Å². The maximum atomic E-state index is 13.9. The summed E-state index contributed by atoms with van der Waals surface area (Å²) >= 11 is 0. The molecule has 28 heteroatoms. The average molecular weight is 1630 g/mol. The van der Waals surface area contributed by atoms with Crippen molar-refractivity contribution < 1.29 is 55.2 Å². The highest BCUT2D eigenvalue weighted by Gasteiger charge is 2.36. The first-order chi connectivity index (χ1) is 57.4. The van der Waals surface area contributed by atoms with Crippen LogP contribution in [0.1, 0.15) is 144 Å². The summed E-state index contributed by atoms with van der Waals surface area (Å²) in [5.74, 6) is 0.842. The number of fused-ring (bicyclic) bond motifs is 2. The van der Waals surface area contributed by atoms with Gasteiger partial charge in [0.15, 0.2) is 0 Å². The number of benzene rings is 8. The molecule has 0 bridgehead atoms. The maximum Gasteiger partial charge on any atom is 0.293 e. The van der Waals surface area contributed by atoms with Gasteiger partial charge in [-0.1, -0.05) is 84.9 Å². The molecule has 26 nitrogen and oxygen atoms in total. The number of aromatic nitrogens is 4. The Kier molecular flexibility index (Phi) is 22.5. The number of hydrogen-bond acceptors (Lipinski definition) is 20. The van der Waals surface area contributed by atoms with Crippen LogP contribution in [0.15, 0.2) is 229 Å². The van der Waals surface area contributed by atoms with Gasteiger partial charge in [0.2, 0.25) is 0 Å². The maximum absolute atomic E-state index is 13.9. The molecule has 6 aliphatic rings. The number of pyridine rings is 2. The highest BCUT2D eigenvalue weighted by atomic mass is 32.2. The Labute approximate surface area is 682 Å². The second-order valence-corrected chi connectivity index (χ2v) is 34.4. The molecule has 4 saturated heterocycles. The number of anilines is 4. The molecule has 6 N–H and O–H groups in total. The molecular weight excluding hydrogens is 1540 g/mol. The minimum atomic E-state index is -4.56. The molecule has 2 atom stereocenters. The van der Waals surface area contributed by atoms with Gasteiger partial charge in [0.05, 0.1) is 55.2 Å². The van der Waals surface area contributed by atoms with Gasteiger partial charge in [-0.05, 0) is 242 Å². The monoisotopic (exact) mass is 1620 g/mol. The largest absolute Gasteiger partial charge is 0.455 e. The first-order valence-corrected chi connectivity index (χ1v) is 43.1. The summed E-state index contributed by atoms with van der Waals surface area (Å²) < 4.78 is 82.2. The Hall–Kier alpha value is -12.5. The number of H-pyrrole nitrogens is 2. The minimum Gasteiger partial charge on any atom is -0.455 e. The van der Waals surface area contributed by atoms with Crippen LogP contribution in [0.5, 0.6) is 23.0 Å². The van der Waals surface area contributed by atoms with Crippen molar-refractivity contribution in [3.8, 4) is 45.3 Å². The van der Waals surface area contributed by atoms with Gasteiger partial charge in [0.25, 0.3) is 43.2 Å². The third-order valence-corrected chi connectivity index (χ3v) is 25.9. The van der Waals surface area contributed by atoms with Gasteiger partial charge in [-0.3, -0.25) is 29.8 Å². The van der Waals surface area contributed by atoms with Crippen LogP contribution < -0.4 is 39.4 Å². The van der Waals surface area contributed by atoms with Crippen LogP contribution in [0, 0.1) is 32.1 Å². The molecule has 6 fully saturated rings. The minimum absolute atomic E-state index is 0.0541. The molecule has 2 unspecified atom stereocenters. The van der Waals surface area contributed by atoms with Gasteiger partial charge in [-0.25, -0.2) is 36.2 Å². The van der Waals surface area contributed by atoms with Gasteiger partial charge < -0.3 is 49.3 Å². The van der Waals surface area contributed by atoms with Crippen molar-refractivity contribution in [2.45, 2.75) is 111 Å². The number of nitrogens with zero attached hydrogens (tertiary/aromatic N) is 6. The van der Waals surface area contributed by atoms with E-state index in [-0.39, 0.29) is 45.8 Å². The number of nitro groups is 2. The quantitative estimate of drug-likeness (QED) is 0.0217. The number of sulfonamides is 2. The highest BCUT2D eigenvalue weighted by Crippen LogP contribution is 2.49. The summed E-state index contributed by atoms with van der Waals surface area (Å²) in [5.41, 5.74) is 12.1. The summed E-state index contributed by atoms with van der Waals surface area (Å²) in [5, 5.41) is 31.9. The first kappa shape index (κ1) is 78.0.